The maximum Gasteiger partial charge on any atom is 0.317 e. The zero-order valence-corrected chi connectivity index (χ0v) is 19.6. The summed E-state index contributed by atoms with van der Waals surface area (Å²) in [5.74, 6) is 0.216. The smallest absolute Gasteiger partial charge is 0.317 e. The molecule has 1 aliphatic carbocycles. The lowest BCUT2D eigenvalue weighted by atomic mass is 9.85. The highest BCUT2D eigenvalue weighted by molar-refractivity contribution is 5.93. The van der Waals surface area contributed by atoms with Crippen molar-refractivity contribution in [1.82, 2.24) is 19.8 Å². The van der Waals surface area contributed by atoms with Crippen LogP contribution in [0.4, 0.5) is 4.79 Å². The molecule has 6 nitrogen and oxygen atoms in total. The summed E-state index contributed by atoms with van der Waals surface area (Å²) < 4.78 is 2.22. The fourth-order valence-corrected chi connectivity index (χ4v) is 6.05. The molecule has 2 aromatic rings. The van der Waals surface area contributed by atoms with Crippen LogP contribution in [-0.4, -0.2) is 50.8 Å². The number of carbonyl (C=O) groups is 1. The van der Waals surface area contributed by atoms with E-state index in [4.69, 9.17) is 0 Å². The van der Waals surface area contributed by atoms with Crippen molar-refractivity contribution in [3.05, 3.63) is 54.1 Å². The molecule has 176 valence electrons. The summed E-state index contributed by atoms with van der Waals surface area (Å²) in [5, 5.41) is 14.5. The molecular formula is C27H36N4O2. The van der Waals surface area contributed by atoms with E-state index in [-0.39, 0.29) is 18.0 Å². The molecule has 2 fully saturated rings. The number of aliphatic hydroxyl groups excluding tert-OH is 1. The summed E-state index contributed by atoms with van der Waals surface area (Å²) in [5.41, 5.74) is 4.88. The summed E-state index contributed by atoms with van der Waals surface area (Å²) in [6.07, 6.45) is 11.7. The fourth-order valence-electron chi connectivity index (χ4n) is 6.05. The second kappa shape index (κ2) is 9.72. The zero-order chi connectivity index (χ0) is 22.8. The van der Waals surface area contributed by atoms with Crippen molar-refractivity contribution in [1.29, 1.82) is 0 Å². The SMILES string of the molecule is CC1=C(c2ccccc2)C(CC(O)C2CCN(C(=O)NC3CCCCC3)CC2)n2cncc21. The van der Waals surface area contributed by atoms with E-state index >= 15 is 0 Å². The molecule has 1 aromatic carbocycles. The standard InChI is InChI=1S/C27H36N4O2/c1-19-24-17-28-18-31(24)23(26(19)21-8-4-2-5-9-21)16-25(32)20-12-14-30(15-13-20)27(33)29-22-10-6-3-7-11-22/h2,4-5,8-9,17-18,20,22-23,25,32H,3,6-7,10-16H2,1H3,(H,29,33). The third-order valence-electron chi connectivity index (χ3n) is 7.98. The molecule has 2 N–H and O–H groups in total. The van der Waals surface area contributed by atoms with E-state index in [0.717, 1.165) is 44.5 Å². The number of likely N-dealkylation sites (tertiary alicyclic amines) is 1. The average Bonchev–Trinajstić information content (AvgIpc) is 3.43. The van der Waals surface area contributed by atoms with E-state index in [1.165, 1.54) is 36.0 Å². The zero-order valence-electron chi connectivity index (χ0n) is 19.6. The van der Waals surface area contributed by atoms with Crippen molar-refractivity contribution in [2.75, 3.05) is 13.1 Å². The van der Waals surface area contributed by atoms with Crippen molar-refractivity contribution in [2.45, 2.75) is 76.5 Å². The van der Waals surface area contributed by atoms with Crippen LogP contribution in [0, 0.1) is 5.92 Å². The molecule has 1 saturated carbocycles. The minimum absolute atomic E-state index is 0.0820. The van der Waals surface area contributed by atoms with Crippen molar-refractivity contribution in [2.24, 2.45) is 5.92 Å². The summed E-state index contributed by atoms with van der Waals surface area (Å²) in [6.45, 7) is 3.61. The molecule has 6 heteroatoms. The number of piperidine rings is 1. The van der Waals surface area contributed by atoms with E-state index in [0.29, 0.717) is 12.5 Å². The number of allylic oxidation sites excluding steroid dienone is 2. The largest absolute Gasteiger partial charge is 0.393 e. The number of aliphatic hydroxyl groups is 1. The lowest BCUT2D eigenvalue weighted by Crippen LogP contribution is -2.49. The van der Waals surface area contributed by atoms with Gasteiger partial charge >= 0.3 is 6.03 Å². The van der Waals surface area contributed by atoms with Gasteiger partial charge in [0.2, 0.25) is 0 Å². The van der Waals surface area contributed by atoms with Crippen molar-refractivity contribution in [3.8, 4) is 0 Å². The highest BCUT2D eigenvalue weighted by atomic mass is 16.3. The van der Waals surface area contributed by atoms with Gasteiger partial charge in [-0.3, -0.25) is 0 Å². The number of benzene rings is 1. The number of rotatable bonds is 5. The van der Waals surface area contributed by atoms with Crippen molar-refractivity contribution >= 4 is 17.2 Å². The molecule has 3 aliphatic rings. The van der Waals surface area contributed by atoms with Gasteiger partial charge in [-0.2, -0.15) is 0 Å². The van der Waals surface area contributed by atoms with E-state index in [1.54, 1.807) is 0 Å². The Morgan fingerprint density at radius 2 is 1.85 bits per heavy atom. The second-order valence-corrected chi connectivity index (χ2v) is 10.0. The predicted octanol–water partition coefficient (Wildman–Crippen LogP) is 4.87. The Morgan fingerprint density at radius 3 is 2.58 bits per heavy atom. The molecule has 2 aliphatic heterocycles. The number of aromatic nitrogens is 2. The van der Waals surface area contributed by atoms with Crippen molar-refractivity contribution < 1.29 is 9.90 Å². The van der Waals surface area contributed by atoms with Gasteiger partial charge in [0.25, 0.3) is 0 Å². The molecule has 1 saturated heterocycles. The van der Waals surface area contributed by atoms with E-state index in [9.17, 15) is 9.90 Å². The lowest BCUT2D eigenvalue weighted by molar-refractivity contribution is 0.0544. The first-order valence-electron chi connectivity index (χ1n) is 12.6. The highest BCUT2D eigenvalue weighted by Crippen LogP contribution is 2.45. The van der Waals surface area contributed by atoms with E-state index in [1.807, 2.05) is 23.5 Å². The van der Waals surface area contributed by atoms with Gasteiger partial charge in [-0.05, 0) is 61.7 Å². The summed E-state index contributed by atoms with van der Waals surface area (Å²) >= 11 is 0. The Morgan fingerprint density at radius 1 is 1.12 bits per heavy atom. The number of nitrogens with zero attached hydrogens (tertiary/aromatic N) is 3. The number of fused-ring (bicyclic) bond motifs is 1. The molecule has 0 bridgehead atoms. The average molecular weight is 449 g/mol. The first kappa shape index (κ1) is 22.2. The Balaban J connectivity index is 1.21. The number of amides is 2. The predicted molar refractivity (Wildman–Crippen MR) is 131 cm³/mol. The Hall–Kier alpha value is -2.60. The molecule has 2 amide bonds. The van der Waals surface area contributed by atoms with Gasteiger partial charge in [0.1, 0.15) is 0 Å². The van der Waals surface area contributed by atoms with Crippen LogP contribution in [-0.2, 0) is 0 Å². The Labute approximate surface area is 196 Å². The molecule has 3 heterocycles. The number of imidazole rings is 1. The highest BCUT2D eigenvalue weighted by Gasteiger charge is 2.35. The van der Waals surface area contributed by atoms with Crippen LogP contribution in [0.1, 0.15) is 75.6 Å². The minimum Gasteiger partial charge on any atom is -0.393 e. The van der Waals surface area contributed by atoms with Crippen LogP contribution in [0.15, 0.2) is 42.9 Å². The van der Waals surface area contributed by atoms with Crippen molar-refractivity contribution in [3.63, 3.8) is 0 Å². The molecule has 1 aromatic heterocycles. The monoisotopic (exact) mass is 448 g/mol. The molecule has 0 radical (unpaired) electrons. The normalized spacial score (nSPS) is 23.0. The third-order valence-corrected chi connectivity index (χ3v) is 7.98. The topological polar surface area (TPSA) is 70.4 Å². The second-order valence-electron chi connectivity index (χ2n) is 10.0. The van der Waals surface area contributed by atoms with E-state index in [2.05, 4.69) is 46.1 Å². The van der Waals surface area contributed by atoms with Gasteiger partial charge in [0, 0.05) is 19.1 Å². The summed E-state index contributed by atoms with van der Waals surface area (Å²) in [4.78, 5) is 19.0. The molecule has 5 rings (SSSR count). The third kappa shape index (κ3) is 4.58. The van der Waals surface area contributed by atoms with Crippen LogP contribution < -0.4 is 5.32 Å². The van der Waals surface area contributed by atoms with Gasteiger partial charge < -0.3 is 19.9 Å². The minimum atomic E-state index is -0.404. The van der Waals surface area contributed by atoms with Crippen LogP contribution >= 0.6 is 0 Å². The number of urea groups is 1. The van der Waals surface area contributed by atoms with Crippen LogP contribution in [0.3, 0.4) is 0 Å². The Kier molecular flexibility index (Phi) is 6.54. The van der Waals surface area contributed by atoms with Crippen LogP contribution in [0.2, 0.25) is 0 Å². The maximum atomic E-state index is 12.7. The molecule has 2 atom stereocenters. The fraction of sp³-hybridized carbons (Fsp3) is 0.556. The van der Waals surface area contributed by atoms with E-state index < -0.39 is 6.10 Å². The lowest BCUT2D eigenvalue weighted by Gasteiger charge is -2.36. The molecule has 33 heavy (non-hydrogen) atoms. The van der Waals surface area contributed by atoms with Gasteiger partial charge in [-0.1, -0.05) is 49.6 Å². The van der Waals surface area contributed by atoms with Gasteiger partial charge in [0.15, 0.2) is 0 Å². The van der Waals surface area contributed by atoms with Gasteiger partial charge in [-0.15, -0.1) is 0 Å². The number of hydrogen-bond donors (Lipinski definition) is 2. The summed E-state index contributed by atoms with van der Waals surface area (Å²) in [7, 11) is 0. The first-order chi connectivity index (χ1) is 16.1. The number of carbonyl (C=O) groups excluding carboxylic acids is 1. The molecular weight excluding hydrogens is 412 g/mol. The number of hydrogen-bond acceptors (Lipinski definition) is 3. The molecule has 0 spiro atoms. The van der Waals surface area contributed by atoms with Crippen LogP contribution in [0.25, 0.3) is 11.1 Å². The van der Waals surface area contributed by atoms with Gasteiger partial charge in [0.05, 0.1) is 30.4 Å². The molecule has 2 unspecified atom stereocenters. The summed E-state index contributed by atoms with van der Waals surface area (Å²) in [6, 6.07) is 11.0. The first-order valence-corrected chi connectivity index (χ1v) is 12.6. The quantitative estimate of drug-likeness (QED) is 0.685. The van der Waals surface area contributed by atoms with Crippen LogP contribution in [0.5, 0.6) is 0 Å². The maximum absolute atomic E-state index is 12.7. The number of nitrogens with one attached hydrogen (secondary N) is 1. The Bertz CT molecular complexity index is 985. The van der Waals surface area contributed by atoms with Gasteiger partial charge in [-0.25, -0.2) is 9.78 Å².